The van der Waals surface area contributed by atoms with Crippen LogP contribution in [0.5, 0.6) is 5.75 Å². The fourth-order valence-corrected chi connectivity index (χ4v) is 3.37. The Labute approximate surface area is 172 Å². The van der Waals surface area contributed by atoms with Crippen LogP contribution in [0.1, 0.15) is 11.1 Å². The van der Waals surface area contributed by atoms with Crippen molar-refractivity contribution < 1.29 is 4.74 Å². The number of thioether (sulfide) groups is 1. The minimum Gasteiger partial charge on any atom is -0.488 e. The number of hydrogen-bond donors (Lipinski definition) is 0. The molecule has 1 heterocycles. The zero-order chi connectivity index (χ0) is 19.3. The molecule has 5 nitrogen and oxygen atoms in total. The summed E-state index contributed by atoms with van der Waals surface area (Å²) in [6.45, 7) is 0.443. The first kappa shape index (κ1) is 18.5. The van der Waals surface area contributed by atoms with Gasteiger partial charge in [-0.15, -0.1) is 10.2 Å². The van der Waals surface area contributed by atoms with Gasteiger partial charge in [-0.2, -0.15) is 9.78 Å². The van der Waals surface area contributed by atoms with Crippen LogP contribution in [-0.4, -0.2) is 27.3 Å². The Hall–Kier alpha value is -2.83. The van der Waals surface area contributed by atoms with Gasteiger partial charge >= 0.3 is 0 Å². The highest BCUT2D eigenvalue weighted by atomic mass is 35.5. The number of rotatable bonds is 6. The highest BCUT2D eigenvalue weighted by Crippen LogP contribution is 2.28. The first-order valence-corrected chi connectivity index (χ1v) is 10.2. The number of ether oxygens (including phenoxy) is 1. The predicted octanol–water partition coefficient (Wildman–Crippen LogP) is 5.27. The third-order valence-electron chi connectivity index (χ3n) is 4.23. The van der Waals surface area contributed by atoms with Crippen molar-refractivity contribution in [2.24, 2.45) is 5.10 Å². The molecule has 3 aromatic carbocycles. The summed E-state index contributed by atoms with van der Waals surface area (Å²) in [5, 5.41) is 16.1. The zero-order valence-electron chi connectivity index (χ0n) is 15.1. The fraction of sp³-hybridized carbons (Fsp3) is 0.0952. The smallest absolute Gasteiger partial charge is 0.211 e. The Balaban J connectivity index is 1.69. The molecule has 4 rings (SSSR count). The van der Waals surface area contributed by atoms with Gasteiger partial charge in [-0.25, -0.2) is 0 Å². The first-order chi connectivity index (χ1) is 13.7. The van der Waals surface area contributed by atoms with Crippen molar-refractivity contribution in [3.8, 4) is 5.75 Å². The highest BCUT2D eigenvalue weighted by Gasteiger charge is 2.09. The van der Waals surface area contributed by atoms with Crippen LogP contribution in [0.3, 0.4) is 0 Å². The van der Waals surface area contributed by atoms with Crippen LogP contribution in [0.25, 0.3) is 10.8 Å². The molecule has 0 atom stereocenters. The topological polar surface area (TPSA) is 52.3 Å². The van der Waals surface area contributed by atoms with Gasteiger partial charge in [0.05, 0.1) is 6.21 Å². The number of halogens is 1. The van der Waals surface area contributed by atoms with Crippen molar-refractivity contribution in [1.29, 1.82) is 0 Å². The lowest BCUT2D eigenvalue weighted by Crippen LogP contribution is -2.00. The van der Waals surface area contributed by atoms with E-state index in [9.17, 15) is 0 Å². The van der Waals surface area contributed by atoms with Crippen molar-refractivity contribution in [3.63, 3.8) is 0 Å². The average Bonchev–Trinajstić information content (AvgIpc) is 3.19. The van der Waals surface area contributed by atoms with Crippen molar-refractivity contribution in [1.82, 2.24) is 14.9 Å². The Morgan fingerprint density at radius 2 is 1.93 bits per heavy atom. The van der Waals surface area contributed by atoms with Crippen molar-refractivity contribution >= 4 is 40.3 Å². The SMILES string of the molecule is CSc1nncn1/N=C\c1c(OCc2ccc(Cl)cc2)ccc2ccccc12. The summed E-state index contributed by atoms with van der Waals surface area (Å²) in [6.07, 6.45) is 5.32. The Kier molecular flexibility index (Phi) is 5.60. The molecular weight excluding hydrogens is 392 g/mol. The van der Waals surface area contributed by atoms with E-state index in [-0.39, 0.29) is 0 Å². The van der Waals surface area contributed by atoms with Crippen molar-refractivity contribution in [2.75, 3.05) is 6.26 Å². The maximum atomic E-state index is 6.12. The van der Waals surface area contributed by atoms with Crippen LogP contribution in [0, 0.1) is 0 Å². The lowest BCUT2D eigenvalue weighted by molar-refractivity contribution is 0.306. The second-order valence-corrected chi connectivity index (χ2v) is 7.23. The van der Waals surface area contributed by atoms with Crippen LogP contribution >= 0.6 is 23.4 Å². The largest absolute Gasteiger partial charge is 0.488 e. The molecule has 0 aliphatic rings. The molecule has 140 valence electrons. The third-order valence-corrected chi connectivity index (χ3v) is 5.12. The van der Waals surface area contributed by atoms with Crippen LogP contribution in [0.15, 0.2) is 77.2 Å². The molecule has 0 aliphatic heterocycles. The number of nitrogens with zero attached hydrogens (tertiary/aromatic N) is 4. The quantitative estimate of drug-likeness (QED) is 0.322. The van der Waals surface area contributed by atoms with Gasteiger partial charge in [0, 0.05) is 10.6 Å². The van der Waals surface area contributed by atoms with Gasteiger partial charge < -0.3 is 4.74 Å². The molecule has 0 N–H and O–H groups in total. The van der Waals surface area contributed by atoms with E-state index in [0.29, 0.717) is 11.6 Å². The van der Waals surface area contributed by atoms with E-state index in [2.05, 4.69) is 33.5 Å². The zero-order valence-corrected chi connectivity index (χ0v) is 16.7. The number of hydrogen-bond acceptors (Lipinski definition) is 5. The van der Waals surface area contributed by atoms with E-state index in [1.165, 1.54) is 11.8 Å². The summed E-state index contributed by atoms with van der Waals surface area (Å²) in [6, 6.07) is 19.8. The fourth-order valence-electron chi connectivity index (χ4n) is 2.83. The molecule has 0 fully saturated rings. The Bertz CT molecular complexity index is 1120. The first-order valence-electron chi connectivity index (χ1n) is 8.62. The van der Waals surface area contributed by atoms with Crippen LogP contribution < -0.4 is 4.74 Å². The lowest BCUT2D eigenvalue weighted by Gasteiger charge is -2.12. The summed E-state index contributed by atoms with van der Waals surface area (Å²) in [5.41, 5.74) is 1.96. The molecule has 4 aromatic rings. The highest BCUT2D eigenvalue weighted by molar-refractivity contribution is 7.98. The van der Waals surface area contributed by atoms with Gasteiger partial charge in [0.15, 0.2) is 0 Å². The standard InChI is InChI=1S/C21H17ClN4OS/c1-28-21-25-23-14-26(21)24-12-19-18-5-3-2-4-16(18)8-11-20(19)27-13-15-6-9-17(22)10-7-15/h2-12,14H,13H2,1H3/b24-12-. The van der Waals surface area contributed by atoms with Gasteiger partial charge in [0.1, 0.15) is 18.7 Å². The van der Waals surface area contributed by atoms with Crippen LogP contribution in [0.2, 0.25) is 5.02 Å². The molecule has 0 amide bonds. The van der Waals surface area contributed by atoms with Gasteiger partial charge in [-0.05, 0) is 40.8 Å². The summed E-state index contributed by atoms with van der Waals surface area (Å²) >= 11 is 7.45. The summed E-state index contributed by atoms with van der Waals surface area (Å²) in [7, 11) is 0. The molecule has 1 aromatic heterocycles. The second kappa shape index (κ2) is 8.46. The van der Waals surface area contributed by atoms with E-state index in [4.69, 9.17) is 16.3 Å². The normalized spacial score (nSPS) is 11.4. The molecule has 0 unspecified atom stereocenters. The Morgan fingerprint density at radius 3 is 2.75 bits per heavy atom. The monoisotopic (exact) mass is 408 g/mol. The van der Waals surface area contributed by atoms with Crippen molar-refractivity contribution in [2.45, 2.75) is 11.8 Å². The number of aromatic nitrogens is 3. The summed E-state index contributed by atoms with van der Waals surface area (Å²) in [4.78, 5) is 0. The molecule has 0 radical (unpaired) electrons. The average molecular weight is 409 g/mol. The minimum atomic E-state index is 0.443. The van der Waals surface area contributed by atoms with E-state index < -0.39 is 0 Å². The molecule has 0 bridgehead atoms. The van der Waals surface area contributed by atoms with Crippen LogP contribution in [-0.2, 0) is 6.61 Å². The van der Waals surface area contributed by atoms with E-state index in [1.54, 1.807) is 17.2 Å². The van der Waals surface area contributed by atoms with E-state index >= 15 is 0 Å². The molecule has 0 spiro atoms. The minimum absolute atomic E-state index is 0.443. The summed E-state index contributed by atoms with van der Waals surface area (Å²) in [5.74, 6) is 0.760. The lowest BCUT2D eigenvalue weighted by atomic mass is 10.0. The molecule has 0 aliphatic carbocycles. The van der Waals surface area contributed by atoms with Gasteiger partial charge in [-0.1, -0.05) is 65.8 Å². The van der Waals surface area contributed by atoms with Crippen LogP contribution in [0.4, 0.5) is 0 Å². The van der Waals surface area contributed by atoms with Crippen molar-refractivity contribution in [3.05, 3.63) is 83.1 Å². The molecule has 7 heteroatoms. The van der Waals surface area contributed by atoms with E-state index in [0.717, 1.165) is 32.8 Å². The molecule has 0 saturated carbocycles. The molecule has 0 saturated heterocycles. The third kappa shape index (κ3) is 4.03. The predicted molar refractivity (Wildman–Crippen MR) is 115 cm³/mol. The Morgan fingerprint density at radius 1 is 1.11 bits per heavy atom. The number of benzene rings is 3. The van der Waals surface area contributed by atoms with Gasteiger partial charge in [0.25, 0.3) is 0 Å². The maximum absolute atomic E-state index is 6.12. The van der Waals surface area contributed by atoms with Gasteiger partial charge in [0.2, 0.25) is 5.16 Å². The van der Waals surface area contributed by atoms with E-state index in [1.807, 2.05) is 48.7 Å². The summed E-state index contributed by atoms with van der Waals surface area (Å²) < 4.78 is 7.77. The van der Waals surface area contributed by atoms with Gasteiger partial charge in [-0.3, -0.25) is 0 Å². The second-order valence-electron chi connectivity index (χ2n) is 6.02. The number of fused-ring (bicyclic) bond motifs is 1. The molecule has 28 heavy (non-hydrogen) atoms. The molecular formula is C21H17ClN4OS. The maximum Gasteiger partial charge on any atom is 0.211 e.